The molecule has 2 amide bonds. The molecule has 0 aromatic carbocycles. The summed E-state index contributed by atoms with van der Waals surface area (Å²) in [4.78, 5) is 12.5. The number of hydrogen-bond acceptors (Lipinski definition) is 2. The summed E-state index contributed by atoms with van der Waals surface area (Å²) < 4.78 is 0. The first-order valence-electron chi connectivity index (χ1n) is 4.16. The van der Waals surface area contributed by atoms with E-state index >= 15 is 0 Å². The number of carbonyl (C=O) groups excluding carboxylic acids is 1. The normalized spacial score (nSPS) is 12.8. The molecular formula is C8H19N3O. The molecule has 0 aliphatic rings. The summed E-state index contributed by atoms with van der Waals surface area (Å²) in [5.41, 5.74) is 5.73. The van der Waals surface area contributed by atoms with E-state index in [1.54, 1.807) is 14.1 Å². The number of amides is 2. The van der Waals surface area contributed by atoms with Gasteiger partial charge in [-0.25, -0.2) is 4.79 Å². The van der Waals surface area contributed by atoms with Gasteiger partial charge in [-0.1, -0.05) is 13.8 Å². The zero-order valence-corrected chi connectivity index (χ0v) is 8.29. The Morgan fingerprint density at radius 3 is 2.33 bits per heavy atom. The smallest absolute Gasteiger partial charge is 0.316 e. The summed E-state index contributed by atoms with van der Waals surface area (Å²) >= 11 is 0. The second-order valence-corrected chi connectivity index (χ2v) is 3.49. The molecule has 0 fully saturated rings. The SMILES string of the molecule is CC(C)C(N)CNC(=O)N(C)C. The number of hydrogen-bond donors (Lipinski definition) is 2. The minimum absolute atomic E-state index is 0.0360. The quantitative estimate of drug-likeness (QED) is 0.642. The number of nitrogens with one attached hydrogen (secondary N) is 1. The Morgan fingerprint density at radius 1 is 1.50 bits per heavy atom. The van der Waals surface area contributed by atoms with Gasteiger partial charge in [-0.05, 0) is 5.92 Å². The van der Waals surface area contributed by atoms with E-state index < -0.39 is 0 Å². The molecule has 0 aliphatic carbocycles. The summed E-state index contributed by atoms with van der Waals surface area (Å²) in [6.45, 7) is 4.60. The van der Waals surface area contributed by atoms with Crippen molar-refractivity contribution in [3.63, 3.8) is 0 Å². The van der Waals surface area contributed by atoms with Crippen LogP contribution >= 0.6 is 0 Å². The third-order valence-corrected chi connectivity index (χ3v) is 1.75. The van der Waals surface area contributed by atoms with E-state index in [0.717, 1.165) is 0 Å². The molecule has 0 saturated heterocycles. The fraction of sp³-hybridized carbons (Fsp3) is 0.875. The van der Waals surface area contributed by atoms with Crippen molar-refractivity contribution in [2.75, 3.05) is 20.6 Å². The fourth-order valence-corrected chi connectivity index (χ4v) is 0.599. The molecule has 1 atom stereocenters. The van der Waals surface area contributed by atoms with E-state index in [2.05, 4.69) is 5.32 Å². The number of rotatable bonds is 3. The molecule has 72 valence electrons. The molecule has 0 spiro atoms. The van der Waals surface area contributed by atoms with Crippen molar-refractivity contribution in [3.8, 4) is 0 Å². The van der Waals surface area contributed by atoms with Crippen molar-refractivity contribution in [3.05, 3.63) is 0 Å². The van der Waals surface area contributed by atoms with Gasteiger partial charge < -0.3 is 16.0 Å². The van der Waals surface area contributed by atoms with Crippen molar-refractivity contribution in [2.24, 2.45) is 11.7 Å². The number of carbonyl (C=O) groups is 1. The molecule has 0 aromatic heterocycles. The summed E-state index contributed by atoms with van der Waals surface area (Å²) in [7, 11) is 3.41. The molecule has 0 heterocycles. The maximum atomic E-state index is 11.0. The van der Waals surface area contributed by atoms with Gasteiger partial charge in [-0.15, -0.1) is 0 Å². The molecule has 0 aliphatic heterocycles. The lowest BCUT2D eigenvalue weighted by atomic mass is 10.1. The van der Waals surface area contributed by atoms with Crippen LogP contribution in [0.15, 0.2) is 0 Å². The lowest BCUT2D eigenvalue weighted by Crippen LogP contribution is -2.43. The minimum Gasteiger partial charge on any atom is -0.336 e. The van der Waals surface area contributed by atoms with Crippen LogP contribution in [0.25, 0.3) is 0 Å². The first kappa shape index (κ1) is 11.2. The van der Waals surface area contributed by atoms with Gasteiger partial charge in [0.25, 0.3) is 0 Å². The van der Waals surface area contributed by atoms with Crippen molar-refractivity contribution in [2.45, 2.75) is 19.9 Å². The lowest BCUT2D eigenvalue weighted by molar-refractivity contribution is 0.216. The maximum Gasteiger partial charge on any atom is 0.316 e. The Balaban J connectivity index is 3.61. The van der Waals surface area contributed by atoms with Crippen LogP contribution in [0.4, 0.5) is 4.79 Å². The van der Waals surface area contributed by atoms with Gasteiger partial charge in [0.15, 0.2) is 0 Å². The van der Waals surface area contributed by atoms with Crippen molar-refractivity contribution >= 4 is 6.03 Å². The number of nitrogens with two attached hydrogens (primary N) is 1. The average Bonchev–Trinajstić information content (AvgIpc) is 1.98. The van der Waals surface area contributed by atoms with E-state index in [1.807, 2.05) is 13.8 Å². The molecule has 0 aromatic rings. The molecule has 0 radical (unpaired) electrons. The summed E-state index contributed by atoms with van der Waals surface area (Å²) in [6.07, 6.45) is 0. The van der Waals surface area contributed by atoms with Crippen LogP contribution in [0.5, 0.6) is 0 Å². The molecular weight excluding hydrogens is 154 g/mol. The Kier molecular flexibility index (Phi) is 4.66. The van der Waals surface area contributed by atoms with Gasteiger partial charge in [-0.3, -0.25) is 0 Å². The van der Waals surface area contributed by atoms with Gasteiger partial charge in [0, 0.05) is 26.7 Å². The molecule has 1 unspecified atom stereocenters. The van der Waals surface area contributed by atoms with Crippen LogP contribution in [-0.4, -0.2) is 37.6 Å². The second kappa shape index (κ2) is 4.98. The summed E-state index contributed by atoms with van der Waals surface area (Å²) in [5, 5.41) is 2.73. The summed E-state index contributed by atoms with van der Waals surface area (Å²) in [5.74, 6) is 0.396. The highest BCUT2D eigenvalue weighted by molar-refractivity contribution is 5.73. The van der Waals surface area contributed by atoms with E-state index in [-0.39, 0.29) is 12.1 Å². The second-order valence-electron chi connectivity index (χ2n) is 3.49. The molecule has 0 saturated carbocycles. The van der Waals surface area contributed by atoms with Crippen LogP contribution in [0.2, 0.25) is 0 Å². The van der Waals surface area contributed by atoms with Crippen molar-refractivity contribution in [1.29, 1.82) is 0 Å². The predicted octanol–water partition coefficient (Wildman–Crippen LogP) is 0.241. The molecule has 0 rings (SSSR count). The van der Waals surface area contributed by atoms with Crippen LogP contribution in [0.1, 0.15) is 13.8 Å². The first-order valence-corrected chi connectivity index (χ1v) is 4.16. The van der Waals surface area contributed by atoms with Crippen LogP contribution in [0.3, 0.4) is 0 Å². The van der Waals surface area contributed by atoms with E-state index in [9.17, 15) is 4.79 Å². The van der Waals surface area contributed by atoms with Gasteiger partial charge in [-0.2, -0.15) is 0 Å². The molecule has 12 heavy (non-hydrogen) atoms. The molecule has 3 N–H and O–H groups in total. The molecule has 0 bridgehead atoms. The summed E-state index contributed by atoms with van der Waals surface area (Å²) in [6, 6.07) is -0.0556. The van der Waals surface area contributed by atoms with Gasteiger partial charge in [0.1, 0.15) is 0 Å². The Morgan fingerprint density at radius 2 is 2.00 bits per heavy atom. The van der Waals surface area contributed by atoms with E-state index in [4.69, 9.17) is 5.73 Å². The zero-order valence-electron chi connectivity index (χ0n) is 8.29. The maximum absolute atomic E-state index is 11.0. The van der Waals surface area contributed by atoms with Crippen LogP contribution in [0, 0.1) is 5.92 Å². The van der Waals surface area contributed by atoms with Gasteiger partial charge >= 0.3 is 6.03 Å². The van der Waals surface area contributed by atoms with E-state index in [1.165, 1.54) is 4.90 Å². The molecule has 4 nitrogen and oxygen atoms in total. The number of nitrogens with zero attached hydrogens (tertiary/aromatic N) is 1. The minimum atomic E-state index is -0.0916. The highest BCUT2D eigenvalue weighted by Crippen LogP contribution is 1.95. The average molecular weight is 173 g/mol. The third-order valence-electron chi connectivity index (χ3n) is 1.75. The topological polar surface area (TPSA) is 58.4 Å². The van der Waals surface area contributed by atoms with Gasteiger partial charge in [0.05, 0.1) is 0 Å². The first-order chi connectivity index (χ1) is 5.45. The van der Waals surface area contributed by atoms with E-state index in [0.29, 0.717) is 12.5 Å². The highest BCUT2D eigenvalue weighted by atomic mass is 16.2. The third kappa shape index (κ3) is 4.18. The Hall–Kier alpha value is -0.770. The monoisotopic (exact) mass is 173 g/mol. The lowest BCUT2D eigenvalue weighted by Gasteiger charge is -2.18. The Bertz CT molecular complexity index is 145. The zero-order chi connectivity index (χ0) is 9.72. The van der Waals surface area contributed by atoms with Gasteiger partial charge in [0.2, 0.25) is 0 Å². The van der Waals surface area contributed by atoms with Crippen LogP contribution in [-0.2, 0) is 0 Å². The van der Waals surface area contributed by atoms with Crippen molar-refractivity contribution < 1.29 is 4.79 Å². The van der Waals surface area contributed by atoms with Crippen LogP contribution < -0.4 is 11.1 Å². The highest BCUT2D eigenvalue weighted by Gasteiger charge is 2.09. The standard InChI is InChI=1S/C8H19N3O/c1-6(2)7(9)5-10-8(12)11(3)4/h6-7H,5,9H2,1-4H3,(H,10,12). The predicted molar refractivity (Wildman–Crippen MR) is 49.9 cm³/mol. The largest absolute Gasteiger partial charge is 0.336 e. The molecule has 4 heteroatoms. The Labute approximate surface area is 74.1 Å². The fourth-order valence-electron chi connectivity index (χ4n) is 0.599. The number of urea groups is 1. The van der Waals surface area contributed by atoms with Crippen molar-refractivity contribution in [1.82, 2.24) is 10.2 Å².